The first-order valence-electron chi connectivity index (χ1n) is 5.69. The number of hydrogen-bond acceptors (Lipinski definition) is 0. The highest BCUT2D eigenvalue weighted by atomic mass is 31.1. The zero-order valence-corrected chi connectivity index (χ0v) is 11.2. The molecule has 13 heavy (non-hydrogen) atoms. The smallest absolute Gasteiger partial charge is 0.00841 e. The third kappa shape index (κ3) is 3.98. The molecular weight excluding hydrogens is 175 g/mol. The van der Waals surface area contributed by atoms with Gasteiger partial charge >= 0.3 is 0 Å². The molecule has 0 bridgehead atoms. The molecule has 0 aliphatic rings. The van der Waals surface area contributed by atoms with Crippen LogP contribution in [0.5, 0.6) is 0 Å². The van der Waals surface area contributed by atoms with E-state index in [1.54, 1.807) is 8.58 Å². The van der Waals surface area contributed by atoms with Crippen molar-refractivity contribution in [2.45, 2.75) is 77.5 Å². The maximum absolute atomic E-state index is 2.43. The summed E-state index contributed by atoms with van der Waals surface area (Å²) >= 11 is 0. The van der Waals surface area contributed by atoms with Crippen LogP contribution in [0.25, 0.3) is 0 Å². The minimum atomic E-state index is 0.542. The Hall–Kier alpha value is 0.430. The highest BCUT2D eigenvalue weighted by Crippen LogP contribution is 2.50. The minimum absolute atomic E-state index is 0.542. The average Bonchev–Trinajstić information content (AvgIpc) is 2.17. The Bertz CT molecular complexity index is 116. The molecule has 1 radical (unpaired) electrons. The third-order valence-corrected chi connectivity index (χ3v) is 5.93. The van der Waals surface area contributed by atoms with Crippen LogP contribution >= 0.6 is 8.58 Å². The van der Waals surface area contributed by atoms with Gasteiger partial charge in [0.15, 0.2) is 0 Å². The molecule has 0 aromatic carbocycles. The van der Waals surface area contributed by atoms with Crippen LogP contribution in [0.1, 0.15) is 67.2 Å². The van der Waals surface area contributed by atoms with E-state index in [1.165, 1.54) is 25.7 Å². The molecule has 0 aliphatic carbocycles. The lowest BCUT2D eigenvalue weighted by Crippen LogP contribution is -2.26. The van der Waals surface area contributed by atoms with E-state index >= 15 is 0 Å². The van der Waals surface area contributed by atoms with Crippen molar-refractivity contribution in [3.63, 3.8) is 0 Å². The second kappa shape index (κ2) is 5.35. The van der Waals surface area contributed by atoms with Crippen molar-refractivity contribution < 1.29 is 0 Å². The maximum atomic E-state index is 2.43. The zero-order chi connectivity index (χ0) is 10.5. The summed E-state index contributed by atoms with van der Waals surface area (Å²) in [5.74, 6) is 0. The second-order valence-corrected chi connectivity index (χ2v) is 6.90. The fourth-order valence-corrected chi connectivity index (χ4v) is 3.40. The molecule has 0 aromatic rings. The second-order valence-electron chi connectivity index (χ2n) is 4.52. The molecule has 1 heteroatoms. The molecule has 0 saturated heterocycles. The molecule has 79 valence electrons. The van der Waals surface area contributed by atoms with Crippen molar-refractivity contribution in [1.29, 1.82) is 0 Å². The van der Waals surface area contributed by atoms with Gasteiger partial charge in [-0.2, -0.15) is 0 Å². The summed E-state index contributed by atoms with van der Waals surface area (Å²) in [6.07, 6.45) is 5.22. The molecule has 0 rings (SSSR count). The topological polar surface area (TPSA) is 0 Å². The SMILES string of the molecule is CCC(C)(CC)[P]C(C)(CC)CC. The van der Waals surface area contributed by atoms with Crippen LogP contribution in [-0.4, -0.2) is 10.3 Å². The van der Waals surface area contributed by atoms with E-state index in [0.717, 1.165) is 0 Å². The van der Waals surface area contributed by atoms with E-state index in [1.807, 2.05) is 0 Å². The monoisotopic (exact) mass is 201 g/mol. The summed E-state index contributed by atoms with van der Waals surface area (Å²) in [5.41, 5.74) is 0. The predicted molar refractivity (Wildman–Crippen MR) is 64.9 cm³/mol. The van der Waals surface area contributed by atoms with Crippen LogP contribution in [0.2, 0.25) is 0 Å². The van der Waals surface area contributed by atoms with E-state index in [2.05, 4.69) is 41.5 Å². The van der Waals surface area contributed by atoms with Gasteiger partial charge in [0.05, 0.1) is 0 Å². The van der Waals surface area contributed by atoms with Crippen LogP contribution < -0.4 is 0 Å². The molecular formula is C12H26P. The van der Waals surface area contributed by atoms with Gasteiger partial charge in [-0.1, -0.05) is 50.1 Å². The normalized spacial score (nSPS) is 13.4. The Labute approximate surface area is 86.7 Å². The fraction of sp³-hybridized carbons (Fsp3) is 1.00. The Morgan fingerprint density at radius 3 is 1.08 bits per heavy atom. The number of hydrogen-bond donors (Lipinski definition) is 0. The van der Waals surface area contributed by atoms with Gasteiger partial charge in [-0.05, 0) is 36.0 Å². The zero-order valence-electron chi connectivity index (χ0n) is 10.3. The Balaban J connectivity index is 4.36. The lowest BCUT2D eigenvalue weighted by Gasteiger charge is -2.37. The van der Waals surface area contributed by atoms with E-state index in [9.17, 15) is 0 Å². The molecule has 0 atom stereocenters. The molecule has 0 aromatic heterocycles. The molecule has 0 saturated carbocycles. The summed E-state index contributed by atoms with van der Waals surface area (Å²) in [6, 6.07) is 0. The number of rotatable bonds is 6. The summed E-state index contributed by atoms with van der Waals surface area (Å²) in [5, 5.41) is 1.08. The van der Waals surface area contributed by atoms with Crippen LogP contribution in [0.3, 0.4) is 0 Å². The quantitative estimate of drug-likeness (QED) is 0.525. The summed E-state index contributed by atoms with van der Waals surface area (Å²) < 4.78 is 0. The van der Waals surface area contributed by atoms with Crippen LogP contribution in [-0.2, 0) is 0 Å². The fourth-order valence-electron chi connectivity index (χ4n) is 1.47. The van der Waals surface area contributed by atoms with Gasteiger partial charge in [-0.15, -0.1) is 0 Å². The predicted octanol–water partition coefficient (Wildman–Crippen LogP) is 5.09. The molecule has 0 unspecified atom stereocenters. The van der Waals surface area contributed by atoms with Crippen molar-refractivity contribution in [2.75, 3.05) is 0 Å². The Morgan fingerprint density at radius 2 is 0.923 bits per heavy atom. The van der Waals surface area contributed by atoms with E-state index in [0.29, 0.717) is 10.3 Å². The summed E-state index contributed by atoms with van der Waals surface area (Å²) in [6.45, 7) is 14.1. The van der Waals surface area contributed by atoms with Crippen molar-refractivity contribution in [3.05, 3.63) is 0 Å². The maximum Gasteiger partial charge on any atom is -0.00841 e. The van der Waals surface area contributed by atoms with Gasteiger partial charge in [0, 0.05) is 0 Å². The highest BCUT2D eigenvalue weighted by Gasteiger charge is 2.31. The molecule has 0 heterocycles. The molecule has 0 N–H and O–H groups in total. The van der Waals surface area contributed by atoms with Gasteiger partial charge in [0.25, 0.3) is 0 Å². The third-order valence-electron chi connectivity index (χ3n) is 3.59. The van der Waals surface area contributed by atoms with Gasteiger partial charge in [-0.25, -0.2) is 0 Å². The lowest BCUT2D eigenvalue weighted by molar-refractivity contribution is 0.538. The van der Waals surface area contributed by atoms with E-state index in [4.69, 9.17) is 0 Å². The summed E-state index contributed by atoms with van der Waals surface area (Å²) in [4.78, 5) is 0. The van der Waals surface area contributed by atoms with Crippen LogP contribution in [0.4, 0.5) is 0 Å². The molecule has 0 aliphatic heterocycles. The van der Waals surface area contributed by atoms with Crippen LogP contribution in [0.15, 0.2) is 0 Å². The van der Waals surface area contributed by atoms with Crippen molar-refractivity contribution in [3.8, 4) is 0 Å². The Kier molecular flexibility index (Phi) is 5.52. The first kappa shape index (κ1) is 13.4. The minimum Gasteiger partial charge on any atom is -0.0678 e. The largest absolute Gasteiger partial charge is 0.0678 e. The molecule has 0 spiro atoms. The molecule has 0 fully saturated rings. The van der Waals surface area contributed by atoms with Crippen molar-refractivity contribution in [1.82, 2.24) is 0 Å². The van der Waals surface area contributed by atoms with E-state index in [-0.39, 0.29) is 0 Å². The van der Waals surface area contributed by atoms with E-state index < -0.39 is 0 Å². The van der Waals surface area contributed by atoms with Crippen molar-refractivity contribution in [2.24, 2.45) is 0 Å². The van der Waals surface area contributed by atoms with Gasteiger partial charge in [0.2, 0.25) is 0 Å². The molecule has 0 amide bonds. The standard InChI is InChI=1S/C12H26P/c1-7-11(5,8-2)13-12(6,9-3)10-4/h7-10H2,1-6H3. The molecule has 0 nitrogen and oxygen atoms in total. The average molecular weight is 201 g/mol. The first-order valence-corrected chi connectivity index (χ1v) is 6.58. The van der Waals surface area contributed by atoms with Crippen LogP contribution in [0, 0.1) is 0 Å². The first-order chi connectivity index (χ1) is 5.95. The van der Waals surface area contributed by atoms with Gasteiger partial charge < -0.3 is 0 Å². The summed E-state index contributed by atoms with van der Waals surface area (Å²) in [7, 11) is 1.66. The Morgan fingerprint density at radius 1 is 0.692 bits per heavy atom. The lowest BCUT2D eigenvalue weighted by atomic mass is 10.0. The van der Waals surface area contributed by atoms with Gasteiger partial charge in [0.1, 0.15) is 0 Å². The van der Waals surface area contributed by atoms with Gasteiger partial charge in [-0.3, -0.25) is 0 Å². The highest BCUT2D eigenvalue weighted by molar-refractivity contribution is 7.41. The van der Waals surface area contributed by atoms with Crippen molar-refractivity contribution >= 4 is 8.58 Å².